The van der Waals surface area contributed by atoms with E-state index in [9.17, 15) is 24.9 Å². The molecule has 0 radical (unpaired) electrons. The maximum Gasteiger partial charge on any atom is 0.415 e. The summed E-state index contributed by atoms with van der Waals surface area (Å²) < 4.78 is 20.0. The molecule has 6 aromatic rings. The van der Waals surface area contributed by atoms with Crippen LogP contribution in [-0.4, -0.2) is 92.1 Å². The van der Waals surface area contributed by atoms with Crippen LogP contribution in [0.25, 0.3) is 11.3 Å². The van der Waals surface area contributed by atoms with Gasteiger partial charge < -0.3 is 40.8 Å². The number of nitriles is 2. The number of carbonyl (C=O) groups is 3. The lowest BCUT2D eigenvalue weighted by Gasteiger charge is -2.25. The van der Waals surface area contributed by atoms with Crippen molar-refractivity contribution in [1.29, 1.82) is 10.5 Å². The predicted octanol–water partition coefficient (Wildman–Crippen LogP) is 5.40. The number of benzene rings is 2. The van der Waals surface area contributed by atoms with Crippen molar-refractivity contribution in [3.8, 4) is 12.1 Å². The number of nitrogens with one attached hydrogen (secondary N) is 5. The summed E-state index contributed by atoms with van der Waals surface area (Å²) in [6, 6.07) is 18.0. The van der Waals surface area contributed by atoms with Gasteiger partial charge in [0.05, 0.1) is 62.1 Å². The van der Waals surface area contributed by atoms with Gasteiger partial charge in [0.2, 0.25) is 0 Å². The van der Waals surface area contributed by atoms with Crippen LogP contribution in [0.15, 0.2) is 60.9 Å². The van der Waals surface area contributed by atoms with Crippen molar-refractivity contribution in [3.63, 3.8) is 0 Å². The van der Waals surface area contributed by atoms with Gasteiger partial charge in [-0.1, -0.05) is 0 Å². The monoisotopic (exact) mass is 854 g/mol. The maximum absolute atomic E-state index is 13.0. The normalized spacial score (nSPS) is 16.4. The third kappa shape index (κ3) is 10.0. The molecule has 0 spiro atoms. The van der Waals surface area contributed by atoms with Gasteiger partial charge in [-0.05, 0) is 82.1 Å². The molecular formula is C43H46N14O6. The average molecular weight is 855 g/mol. The second-order valence-corrected chi connectivity index (χ2v) is 16.0. The fourth-order valence-electron chi connectivity index (χ4n) is 6.71. The van der Waals surface area contributed by atoms with E-state index in [4.69, 9.17) is 14.2 Å². The van der Waals surface area contributed by atoms with Crippen molar-refractivity contribution >= 4 is 63.8 Å². The van der Waals surface area contributed by atoms with Gasteiger partial charge in [0.15, 0.2) is 11.3 Å². The summed E-state index contributed by atoms with van der Waals surface area (Å²) in [5.74, 6) is 1.26. The first kappa shape index (κ1) is 43.3. The molecule has 5 N–H and O–H groups in total. The Hall–Kier alpha value is -7.81. The van der Waals surface area contributed by atoms with Crippen molar-refractivity contribution in [2.45, 2.75) is 65.5 Å². The Balaban J connectivity index is 0.000000193. The van der Waals surface area contributed by atoms with Crippen LogP contribution in [0.2, 0.25) is 0 Å². The maximum atomic E-state index is 13.0. The van der Waals surface area contributed by atoms with E-state index in [1.807, 2.05) is 26.0 Å². The van der Waals surface area contributed by atoms with Crippen LogP contribution in [0.3, 0.4) is 0 Å². The summed E-state index contributed by atoms with van der Waals surface area (Å²) >= 11 is 0. The van der Waals surface area contributed by atoms with Crippen LogP contribution < -0.4 is 31.5 Å². The Morgan fingerprint density at radius 3 is 1.78 bits per heavy atom. The lowest BCUT2D eigenvalue weighted by atomic mass is 10.1. The van der Waals surface area contributed by atoms with Crippen LogP contribution >= 0.6 is 0 Å². The van der Waals surface area contributed by atoms with Gasteiger partial charge in [-0.3, -0.25) is 14.5 Å². The molecule has 20 nitrogen and oxygen atoms in total. The first-order valence-corrected chi connectivity index (χ1v) is 19.9. The Morgan fingerprint density at radius 1 is 0.794 bits per heavy atom. The predicted molar refractivity (Wildman–Crippen MR) is 232 cm³/mol. The second-order valence-electron chi connectivity index (χ2n) is 16.0. The third-order valence-corrected chi connectivity index (χ3v) is 9.50. The lowest BCUT2D eigenvalue weighted by molar-refractivity contribution is 0.0587. The topological polar surface area (TPSA) is 250 Å². The molecule has 63 heavy (non-hydrogen) atoms. The molecule has 2 aliphatic rings. The molecule has 3 amide bonds. The van der Waals surface area contributed by atoms with Crippen molar-refractivity contribution in [2.24, 2.45) is 0 Å². The molecule has 8 rings (SSSR count). The van der Waals surface area contributed by atoms with Gasteiger partial charge in [0.25, 0.3) is 11.8 Å². The van der Waals surface area contributed by atoms with Crippen molar-refractivity contribution in [3.05, 3.63) is 94.3 Å². The van der Waals surface area contributed by atoms with Crippen molar-refractivity contribution < 1.29 is 28.6 Å². The molecule has 4 aromatic heterocycles. The molecule has 0 saturated carbocycles. The highest BCUT2D eigenvalue weighted by Gasteiger charge is 2.26. The number of carbonyl (C=O) groups excluding carboxylic acids is 3. The molecule has 324 valence electrons. The van der Waals surface area contributed by atoms with Gasteiger partial charge in [-0.15, -0.1) is 0 Å². The molecule has 2 atom stereocenters. The minimum absolute atomic E-state index is 0.200. The van der Waals surface area contributed by atoms with E-state index in [2.05, 4.69) is 58.9 Å². The summed E-state index contributed by atoms with van der Waals surface area (Å²) in [6.07, 6.45) is 2.31. The van der Waals surface area contributed by atoms with Crippen molar-refractivity contribution in [2.75, 3.05) is 48.2 Å². The number of ether oxygens (including phenoxy) is 3. The Morgan fingerprint density at radius 2 is 1.29 bits per heavy atom. The lowest BCUT2D eigenvalue weighted by Crippen LogP contribution is -2.36. The molecule has 0 unspecified atom stereocenters. The van der Waals surface area contributed by atoms with Gasteiger partial charge >= 0.3 is 6.09 Å². The largest absolute Gasteiger partial charge is 0.443 e. The van der Waals surface area contributed by atoms with E-state index >= 15 is 0 Å². The zero-order valence-electron chi connectivity index (χ0n) is 35.7. The van der Waals surface area contributed by atoms with Crippen LogP contribution in [0.4, 0.5) is 39.4 Å². The number of hydrogen-bond acceptors (Lipinski definition) is 15. The van der Waals surface area contributed by atoms with E-state index in [-0.39, 0.29) is 48.3 Å². The molecule has 0 fully saturated rings. The van der Waals surface area contributed by atoms with Gasteiger partial charge in [0.1, 0.15) is 40.0 Å². The summed E-state index contributed by atoms with van der Waals surface area (Å²) in [6.45, 7) is 10.2. The zero-order valence-corrected chi connectivity index (χ0v) is 35.7. The zero-order chi connectivity index (χ0) is 45.0. The summed E-state index contributed by atoms with van der Waals surface area (Å²) in [7, 11) is 3.33. The van der Waals surface area contributed by atoms with Crippen LogP contribution in [0.1, 0.15) is 77.6 Å². The number of amides is 3. The molecule has 0 aliphatic carbocycles. The highest BCUT2D eigenvalue weighted by molar-refractivity contribution is 6.01. The quantitative estimate of drug-likeness (QED) is 0.146. The van der Waals surface area contributed by atoms with E-state index < -0.39 is 11.7 Å². The number of hydrogen-bond donors (Lipinski definition) is 5. The highest BCUT2D eigenvalue weighted by Crippen LogP contribution is 2.28. The smallest absolute Gasteiger partial charge is 0.415 e. The van der Waals surface area contributed by atoms with Crippen LogP contribution in [0.5, 0.6) is 0 Å². The third-order valence-electron chi connectivity index (χ3n) is 9.50. The summed E-state index contributed by atoms with van der Waals surface area (Å²) in [5.41, 5.74) is 4.54. The number of rotatable bonds is 2. The second kappa shape index (κ2) is 18.0. The average Bonchev–Trinajstić information content (AvgIpc) is 3.87. The molecule has 2 aromatic carbocycles. The number of anilines is 6. The number of aromatic nitrogens is 6. The fourth-order valence-corrected chi connectivity index (χ4v) is 6.71. The molecule has 0 saturated heterocycles. The van der Waals surface area contributed by atoms with Gasteiger partial charge in [-0.2, -0.15) is 29.8 Å². The molecule has 20 heteroatoms. The summed E-state index contributed by atoms with van der Waals surface area (Å²) in [4.78, 5) is 49.0. The van der Waals surface area contributed by atoms with E-state index in [1.54, 1.807) is 75.8 Å². The highest BCUT2D eigenvalue weighted by atomic mass is 16.6. The Labute approximate surface area is 362 Å². The Kier molecular flexibility index (Phi) is 12.4. The van der Waals surface area contributed by atoms with E-state index in [0.717, 1.165) is 11.1 Å². The van der Waals surface area contributed by atoms with Crippen molar-refractivity contribution in [1.82, 2.24) is 39.8 Å². The van der Waals surface area contributed by atoms with E-state index in [0.29, 0.717) is 70.2 Å². The van der Waals surface area contributed by atoms with Crippen LogP contribution in [0, 0.1) is 22.7 Å². The van der Waals surface area contributed by atoms with Crippen LogP contribution in [-0.2, 0) is 27.4 Å². The minimum Gasteiger partial charge on any atom is -0.443 e. The van der Waals surface area contributed by atoms with Gasteiger partial charge in [-0.25, -0.2) is 14.8 Å². The first-order valence-electron chi connectivity index (χ1n) is 19.9. The summed E-state index contributed by atoms with van der Waals surface area (Å²) in [5, 5.41) is 42.7. The standard InChI is InChI=1S/C24H27N7O4.C19H19N7O2/c1-14-12-34-13-16-6-15(10-25)7-17(8-16)28-19-9-20(30(5)23(33)35-24(2,3)4)31-21(29-19)18(11-26-31)22(32)27-14;1-11-9-28-10-13-3-12(7-20)4-14(5-13)24-16-6-17(21-2)26-18(25-16)15(8-22-26)19(27)23-11/h6-9,11,14H,12-13H2,1-5H3,(H,27,32)(H,28,29);3-6,8,11,21H,9-10H2,1-2H3,(H,23,27)(H,24,25)/t14-;11-/m11/s1. The Bertz CT molecular complexity index is 2820. The van der Waals surface area contributed by atoms with Gasteiger partial charge in [0, 0.05) is 49.7 Å². The SMILES string of the molecule is CNc1cc2nc3c(cnn13)C(=O)N[C@H](C)COCc1cc(C#N)cc(c1)N2.C[C@@H]1COCc2cc(C#N)cc(c2)Nc2cc(N(C)C(=O)OC(C)(C)C)n3ncc(c3n2)C(=O)N1. The minimum atomic E-state index is -0.701. The number of nitrogens with zero attached hydrogens (tertiary/aromatic N) is 9. The molecule has 2 aliphatic heterocycles. The molecular weight excluding hydrogens is 809 g/mol. The molecule has 6 heterocycles. The fraction of sp³-hybridized carbons (Fsp3) is 0.326. The van der Waals surface area contributed by atoms with E-state index in [1.165, 1.54) is 21.8 Å². The number of fused-ring (bicyclic) bond motifs is 6. The first-order chi connectivity index (χ1) is 30.1. The molecule has 8 bridgehead atoms.